The predicted octanol–water partition coefficient (Wildman–Crippen LogP) is 0.596. The van der Waals surface area contributed by atoms with Gasteiger partial charge in [0.05, 0.1) is 12.8 Å². The molecule has 1 heterocycles. The second kappa shape index (κ2) is 4.00. The summed E-state index contributed by atoms with van der Waals surface area (Å²) < 4.78 is 4.37. The number of nitrogens with zero attached hydrogens (tertiary/aromatic N) is 1. The number of hydrogen-bond donors (Lipinski definition) is 1. The average Bonchev–Trinajstić information content (AvgIpc) is 2.17. The van der Waals surface area contributed by atoms with Crippen LogP contribution < -0.4 is 0 Å². The molecule has 1 N–H and O–H groups in total. The van der Waals surface area contributed by atoms with Crippen molar-refractivity contribution in [1.29, 1.82) is 0 Å². The first-order valence-corrected chi connectivity index (χ1v) is 3.83. The number of methoxy groups -OCH3 is 1. The van der Waals surface area contributed by atoms with Crippen LogP contribution in [-0.2, 0) is 9.53 Å². The molecule has 1 unspecified atom stereocenters. The quantitative estimate of drug-likeness (QED) is 0.678. The SMILES string of the molecule is COC(=O)C(O)c1ccc(C)cn1. The molecule has 0 fully saturated rings. The Morgan fingerprint density at radius 1 is 1.62 bits per heavy atom. The Hall–Kier alpha value is -1.42. The number of aliphatic hydroxyl groups is 1. The van der Waals surface area contributed by atoms with Gasteiger partial charge in [0, 0.05) is 6.20 Å². The van der Waals surface area contributed by atoms with Gasteiger partial charge in [-0.05, 0) is 18.6 Å². The molecule has 1 aromatic heterocycles. The van der Waals surface area contributed by atoms with Crippen molar-refractivity contribution in [2.45, 2.75) is 13.0 Å². The zero-order valence-corrected chi connectivity index (χ0v) is 7.52. The van der Waals surface area contributed by atoms with Crippen molar-refractivity contribution in [2.24, 2.45) is 0 Å². The Labute approximate surface area is 76.2 Å². The molecule has 0 amide bonds. The van der Waals surface area contributed by atoms with Crippen molar-refractivity contribution >= 4 is 5.97 Å². The molecule has 0 bridgehead atoms. The molecule has 0 saturated heterocycles. The number of hydrogen-bond acceptors (Lipinski definition) is 4. The lowest BCUT2D eigenvalue weighted by molar-refractivity contribution is -0.150. The molecular weight excluding hydrogens is 170 g/mol. The fourth-order valence-electron chi connectivity index (χ4n) is 0.873. The first-order valence-electron chi connectivity index (χ1n) is 3.83. The van der Waals surface area contributed by atoms with Crippen LogP contribution in [0.4, 0.5) is 0 Å². The van der Waals surface area contributed by atoms with Gasteiger partial charge in [-0.25, -0.2) is 4.79 Å². The lowest BCUT2D eigenvalue weighted by Crippen LogP contribution is -2.14. The maximum absolute atomic E-state index is 10.9. The highest BCUT2D eigenvalue weighted by Crippen LogP contribution is 2.11. The molecular formula is C9H11NO3. The molecule has 0 spiro atoms. The molecule has 13 heavy (non-hydrogen) atoms. The van der Waals surface area contributed by atoms with E-state index in [9.17, 15) is 9.90 Å². The second-order valence-electron chi connectivity index (χ2n) is 2.69. The topological polar surface area (TPSA) is 59.4 Å². The molecule has 0 aliphatic carbocycles. The third-order valence-electron chi connectivity index (χ3n) is 1.64. The van der Waals surface area contributed by atoms with Gasteiger partial charge < -0.3 is 9.84 Å². The number of aryl methyl sites for hydroxylation is 1. The molecule has 0 aliphatic rings. The summed E-state index contributed by atoms with van der Waals surface area (Å²) in [5, 5.41) is 9.34. The normalized spacial score (nSPS) is 12.2. The number of aromatic nitrogens is 1. The third kappa shape index (κ3) is 2.26. The van der Waals surface area contributed by atoms with E-state index in [1.54, 1.807) is 18.3 Å². The Balaban J connectivity index is 2.83. The number of aliphatic hydroxyl groups excluding tert-OH is 1. The number of rotatable bonds is 2. The summed E-state index contributed by atoms with van der Waals surface area (Å²) in [5.41, 5.74) is 1.28. The van der Waals surface area contributed by atoms with Crippen LogP contribution in [-0.4, -0.2) is 23.2 Å². The van der Waals surface area contributed by atoms with Crippen molar-refractivity contribution in [3.05, 3.63) is 29.6 Å². The molecule has 1 rings (SSSR count). The van der Waals surface area contributed by atoms with E-state index in [0.29, 0.717) is 5.69 Å². The highest BCUT2D eigenvalue weighted by atomic mass is 16.5. The standard InChI is InChI=1S/C9H11NO3/c1-6-3-4-7(10-5-6)8(11)9(12)13-2/h3-5,8,11H,1-2H3. The van der Waals surface area contributed by atoms with Gasteiger partial charge in [-0.3, -0.25) is 4.98 Å². The zero-order valence-electron chi connectivity index (χ0n) is 7.52. The Morgan fingerprint density at radius 2 is 2.31 bits per heavy atom. The van der Waals surface area contributed by atoms with Gasteiger partial charge in [0.25, 0.3) is 0 Å². The molecule has 4 nitrogen and oxygen atoms in total. The molecule has 0 aliphatic heterocycles. The Kier molecular flexibility index (Phi) is 2.97. The zero-order chi connectivity index (χ0) is 9.84. The number of carbonyl (C=O) groups excluding carboxylic acids is 1. The van der Waals surface area contributed by atoms with Crippen LogP contribution in [0.3, 0.4) is 0 Å². The largest absolute Gasteiger partial charge is 0.467 e. The number of pyridine rings is 1. The van der Waals surface area contributed by atoms with Gasteiger partial charge in [-0.1, -0.05) is 6.07 Å². The smallest absolute Gasteiger partial charge is 0.341 e. The molecule has 1 atom stereocenters. The third-order valence-corrected chi connectivity index (χ3v) is 1.64. The molecule has 0 radical (unpaired) electrons. The Morgan fingerprint density at radius 3 is 2.77 bits per heavy atom. The number of carbonyl (C=O) groups is 1. The van der Waals surface area contributed by atoms with Crippen LogP contribution in [0.15, 0.2) is 18.3 Å². The highest BCUT2D eigenvalue weighted by molar-refractivity contribution is 5.75. The predicted molar refractivity (Wildman–Crippen MR) is 45.9 cm³/mol. The van der Waals surface area contributed by atoms with E-state index in [0.717, 1.165) is 5.56 Å². The van der Waals surface area contributed by atoms with Crippen molar-refractivity contribution in [3.63, 3.8) is 0 Å². The summed E-state index contributed by atoms with van der Waals surface area (Å²) in [6.45, 7) is 1.88. The van der Waals surface area contributed by atoms with Gasteiger partial charge in [0.2, 0.25) is 0 Å². The minimum atomic E-state index is -1.29. The second-order valence-corrected chi connectivity index (χ2v) is 2.69. The summed E-state index contributed by atoms with van der Waals surface area (Å²) >= 11 is 0. The van der Waals surface area contributed by atoms with E-state index < -0.39 is 12.1 Å². The van der Waals surface area contributed by atoms with Gasteiger partial charge in [0.15, 0.2) is 6.10 Å². The van der Waals surface area contributed by atoms with E-state index in [1.807, 2.05) is 6.92 Å². The van der Waals surface area contributed by atoms with E-state index in [1.165, 1.54) is 7.11 Å². The van der Waals surface area contributed by atoms with Crippen molar-refractivity contribution in [2.75, 3.05) is 7.11 Å². The number of ether oxygens (including phenoxy) is 1. The van der Waals surface area contributed by atoms with Crippen molar-refractivity contribution in [3.8, 4) is 0 Å². The summed E-state index contributed by atoms with van der Waals surface area (Å²) in [4.78, 5) is 14.8. The average molecular weight is 181 g/mol. The van der Waals surface area contributed by atoms with Crippen LogP contribution in [0, 0.1) is 6.92 Å². The van der Waals surface area contributed by atoms with Gasteiger partial charge in [-0.2, -0.15) is 0 Å². The first kappa shape index (κ1) is 9.67. The fraction of sp³-hybridized carbons (Fsp3) is 0.333. The number of esters is 1. The van der Waals surface area contributed by atoms with Gasteiger partial charge in [-0.15, -0.1) is 0 Å². The molecule has 1 aromatic rings. The molecule has 70 valence electrons. The van der Waals surface area contributed by atoms with Crippen molar-refractivity contribution in [1.82, 2.24) is 4.98 Å². The van der Waals surface area contributed by atoms with E-state index in [2.05, 4.69) is 9.72 Å². The lowest BCUT2D eigenvalue weighted by atomic mass is 10.2. The molecule has 0 saturated carbocycles. The molecule has 0 aromatic carbocycles. The first-order chi connectivity index (χ1) is 6.15. The van der Waals surface area contributed by atoms with Gasteiger partial charge >= 0.3 is 5.97 Å². The molecule has 4 heteroatoms. The van der Waals surface area contributed by atoms with Crippen LogP contribution in [0.1, 0.15) is 17.4 Å². The van der Waals surface area contributed by atoms with Crippen LogP contribution in [0.25, 0.3) is 0 Å². The monoisotopic (exact) mass is 181 g/mol. The summed E-state index contributed by atoms with van der Waals surface area (Å²) in [6, 6.07) is 3.37. The van der Waals surface area contributed by atoms with Crippen molar-refractivity contribution < 1.29 is 14.6 Å². The van der Waals surface area contributed by atoms with Crippen LogP contribution in [0.2, 0.25) is 0 Å². The minimum absolute atomic E-state index is 0.303. The minimum Gasteiger partial charge on any atom is -0.467 e. The van der Waals surface area contributed by atoms with E-state index in [-0.39, 0.29) is 0 Å². The lowest BCUT2D eigenvalue weighted by Gasteiger charge is -2.06. The van der Waals surface area contributed by atoms with Crippen LogP contribution >= 0.6 is 0 Å². The maximum Gasteiger partial charge on any atom is 0.341 e. The van der Waals surface area contributed by atoms with Gasteiger partial charge in [0.1, 0.15) is 0 Å². The van der Waals surface area contributed by atoms with Crippen LogP contribution in [0.5, 0.6) is 0 Å². The summed E-state index contributed by atoms with van der Waals surface area (Å²) in [7, 11) is 1.22. The van der Waals surface area contributed by atoms with E-state index >= 15 is 0 Å². The summed E-state index contributed by atoms with van der Waals surface area (Å²) in [6.07, 6.45) is 0.298. The van der Waals surface area contributed by atoms with E-state index in [4.69, 9.17) is 0 Å². The Bertz CT molecular complexity index is 294. The fourth-order valence-corrected chi connectivity index (χ4v) is 0.873. The maximum atomic E-state index is 10.9. The highest BCUT2D eigenvalue weighted by Gasteiger charge is 2.18. The summed E-state index contributed by atoms with van der Waals surface area (Å²) in [5.74, 6) is -0.698.